The number of aliphatic hydroxyl groups is 1. The fourth-order valence-electron chi connectivity index (χ4n) is 1.61. The third-order valence-corrected chi connectivity index (χ3v) is 2.58. The molecule has 1 unspecified atom stereocenters. The molecule has 0 saturated heterocycles. The number of nitriles is 1. The first kappa shape index (κ1) is 14.4. The van der Waals surface area contributed by atoms with Crippen LogP contribution in [0.5, 0.6) is 0 Å². The van der Waals surface area contributed by atoms with Crippen LogP contribution in [0.2, 0.25) is 0 Å². The van der Waals surface area contributed by atoms with Crippen LogP contribution in [-0.2, 0) is 0 Å². The van der Waals surface area contributed by atoms with Crippen LogP contribution >= 0.6 is 0 Å². The molecule has 0 spiro atoms. The highest BCUT2D eigenvalue weighted by Crippen LogP contribution is 2.04. The van der Waals surface area contributed by atoms with Gasteiger partial charge >= 0.3 is 0 Å². The Hall–Kier alpha value is -0.590. The third-order valence-electron chi connectivity index (χ3n) is 2.58. The fraction of sp³-hybridized carbons (Fsp3) is 0.917. The molecular weight excluding hydrogens is 188 g/mol. The van der Waals surface area contributed by atoms with Gasteiger partial charge in [-0.25, -0.2) is 0 Å². The zero-order chi connectivity index (χ0) is 11.5. The van der Waals surface area contributed by atoms with Crippen LogP contribution in [0.4, 0.5) is 0 Å². The zero-order valence-electron chi connectivity index (χ0n) is 10.1. The highest BCUT2D eigenvalue weighted by atomic mass is 16.2. The Kier molecular flexibility index (Phi) is 9.55. The van der Waals surface area contributed by atoms with E-state index in [1.165, 1.54) is 12.8 Å². The van der Waals surface area contributed by atoms with E-state index < -0.39 is 0 Å². The Morgan fingerprint density at radius 1 is 1.27 bits per heavy atom. The molecule has 0 heterocycles. The number of hydrogen-bond donors (Lipinski definition) is 1. The average molecular weight is 212 g/mol. The zero-order valence-corrected chi connectivity index (χ0v) is 10.1. The van der Waals surface area contributed by atoms with E-state index in [0.29, 0.717) is 6.61 Å². The highest BCUT2D eigenvalue weighted by Gasteiger charge is 2.06. The minimum absolute atomic E-state index is 0.127. The van der Waals surface area contributed by atoms with Crippen molar-refractivity contribution in [3.63, 3.8) is 0 Å². The third kappa shape index (κ3) is 8.41. The van der Waals surface area contributed by atoms with E-state index in [9.17, 15) is 0 Å². The van der Waals surface area contributed by atoms with Crippen LogP contribution in [0.3, 0.4) is 0 Å². The summed E-state index contributed by atoms with van der Waals surface area (Å²) in [5, 5.41) is 17.3. The lowest BCUT2D eigenvalue weighted by molar-refractivity contribution is 0.255. The SMILES string of the molecule is CCN(CCCCCCO)CC(C)C#N. The molecule has 0 rings (SSSR count). The second-order valence-electron chi connectivity index (χ2n) is 4.06. The Morgan fingerprint density at radius 2 is 1.93 bits per heavy atom. The molecule has 0 amide bonds. The fourth-order valence-corrected chi connectivity index (χ4v) is 1.61. The molecule has 88 valence electrons. The molecule has 0 radical (unpaired) electrons. The van der Waals surface area contributed by atoms with Crippen LogP contribution in [0.1, 0.15) is 39.5 Å². The summed E-state index contributed by atoms with van der Waals surface area (Å²) < 4.78 is 0. The van der Waals surface area contributed by atoms with Crippen molar-refractivity contribution in [2.24, 2.45) is 5.92 Å². The summed E-state index contributed by atoms with van der Waals surface area (Å²) >= 11 is 0. The van der Waals surface area contributed by atoms with E-state index in [-0.39, 0.29) is 5.92 Å². The molecule has 1 N–H and O–H groups in total. The van der Waals surface area contributed by atoms with Gasteiger partial charge in [0, 0.05) is 13.2 Å². The predicted molar refractivity (Wildman–Crippen MR) is 62.4 cm³/mol. The minimum atomic E-state index is 0.127. The van der Waals surface area contributed by atoms with E-state index >= 15 is 0 Å². The summed E-state index contributed by atoms with van der Waals surface area (Å²) in [4.78, 5) is 2.33. The van der Waals surface area contributed by atoms with E-state index in [1.807, 2.05) is 6.92 Å². The smallest absolute Gasteiger partial charge is 0.0666 e. The van der Waals surface area contributed by atoms with Gasteiger partial charge in [0.05, 0.1) is 12.0 Å². The van der Waals surface area contributed by atoms with Gasteiger partial charge in [0.1, 0.15) is 0 Å². The van der Waals surface area contributed by atoms with Crippen molar-refractivity contribution in [1.82, 2.24) is 4.90 Å². The second kappa shape index (κ2) is 9.95. The van der Waals surface area contributed by atoms with Crippen LogP contribution < -0.4 is 0 Å². The van der Waals surface area contributed by atoms with E-state index in [1.54, 1.807) is 0 Å². The molecule has 0 bridgehead atoms. The monoisotopic (exact) mass is 212 g/mol. The maximum atomic E-state index is 8.72. The molecule has 15 heavy (non-hydrogen) atoms. The first-order valence-electron chi connectivity index (χ1n) is 5.97. The maximum Gasteiger partial charge on any atom is 0.0666 e. The molecule has 0 aliphatic carbocycles. The van der Waals surface area contributed by atoms with Gasteiger partial charge < -0.3 is 10.0 Å². The largest absolute Gasteiger partial charge is 0.396 e. The van der Waals surface area contributed by atoms with Gasteiger partial charge in [0.2, 0.25) is 0 Å². The molecule has 0 aromatic carbocycles. The lowest BCUT2D eigenvalue weighted by Gasteiger charge is -2.21. The Morgan fingerprint density at radius 3 is 2.47 bits per heavy atom. The number of hydrogen-bond acceptors (Lipinski definition) is 3. The lowest BCUT2D eigenvalue weighted by Crippen LogP contribution is -2.29. The molecule has 1 atom stereocenters. The summed E-state index contributed by atoms with van der Waals surface area (Å²) in [6, 6.07) is 2.27. The molecule has 0 fully saturated rings. The highest BCUT2D eigenvalue weighted by molar-refractivity contribution is 4.81. The van der Waals surface area contributed by atoms with Crippen LogP contribution in [-0.4, -0.2) is 36.2 Å². The van der Waals surface area contributed by atoms with E-state index in [2.05, 4.69) is 17.9 Å². The summed E-state index contributed by atoms with van der Waals surface area (Å²) in [6.07, 6.45) is 4.38. The van der Waals surface area contributed by atoms with Crippen molar-refractivity contribution >= 4 is 0 Å². The normalized spacial score (nSPS) is 12.7. The first-order valence-corrected chi connectivity index (χ1v) is 5.97. The second-order valence-corrected chi connectivity index (χ2v) is 4.06. The molecule has 3 nitrogen and oxygen atoms in total. The average Bonchev–Trinajstić information content (AvgIpc) is 2.26. The quantitative estimate of drug-likeness (QED) is 0.595. The Balaban J connectivity index is 3.49. The topological polar surface area (TPSA) is 47.3 Å². The summed E-state index contributed by atoms with van der Waals surface area (Å²) in [6.45, 7) is 7.39. The van der Waals surface area contributed by atoms with Gasteiger partial charge in [-0.05, 0) is 32.9 Å². The Bertz CT molecular complexity index is 177. The van der Waals surface area contributed by atoms with Crippen molar-refractivity contribution < 1.29 is 5.11 Å². The van der Waals surface area contributed by atoms with Crippen LogP contribution in [0, 0.1) is 17.2 Å². The van der Waals surface area contributed by atoms with Gasteiger partial charge in [-0.1, -0.05) is 19.8 Å². The van der Waals surface area contributed by atoms with Gasteiger partial charge in [0.25, 0.3) is 0 Å². The number of aliphatic hydroxyl groups excluding tert-OH is 1. The number of unbranched alkanes of at least 4 members (excludes halogenated alkanes) is 3. The lowest BCUT2D eigenvalue weighted by atomic mass is 10.1. The molecule has 0 saturated carbocycles. The van der Waals surface area contributed by atoms with Crippen LogP contribution in [0.25, 0.3) is 0 Å². The van der Waals surface area contributed by atoms with Crippen molar-refractivity contribution in [2.75, 3.05) is 26.2 Å². The molecule has 0 aromatic rings. The van der Waals surface area contributed by atoms with E-state index in [0.717, 1.165) is 32.5 Å². The summed E-state index contributed by atoms with van der Waals surface area (Å²) in [5.74, 6) is 0.127. The van der Waals surface area contributed by atoms with Gasteiger partial charge in [-0.15, -0.1) is 0 Å². The molecule has 0 aliphatic heterocycles. The van der Waals surface area contributed by atoms with Crippen molar-refractivity contribution in [3.8, 4) is 6.07 Å². The standard InChI is InChI=1S/C12H24N2O/c1-3-14(11-12(2)10-13)8-6-4-5-7-9-15/h12,15H,3-9,11H2,1-2H3. The summed E-state index contributed by atoms with van der Waals surface area (Å²) in [7, 11) is 0. The van der Waals surface area contributed by atoms with Gasteiger partial charge in [-0.2, -0.15) is 5.26 Å². The minimum Gasteiger partial charge on any atom is -0.396 e. The first-order chi connectivity index (χ1) is 7.24. The molecule has 0 aromatic heterocycles. The maximum absolute atomic E-state index is 8.72. The number of nitrogens with zero attached hydrogens (tertiary/aromatic N) is 2. The predicted octanol–water partition coefficient (Wildman–Crippen LogP) is 2.02. The van der Waals surface area contributed by atoms with Crippen molar-refractivity contribution in [1.29, 1.82) is 5.26 Å². The molecule has 3 heteroatoms. The number of rotatable bonds is 9. The summed E-state index contributed by atoms with van der Waals surface area (Å²) in [5.41, 5.74) is 0. The van der Waals surface area contributed by atoms with Gasteiger partial charge in [0.15, 0.2) is 0 Å². The molecular formula is C12H24N2O. The Labute approximate surface area is 93.7 Å². The van der Waals surface area contributed by atoms with E-state index in [4.69, 9.17) is 10.4 Å². The van der Waals surface area contributed by atoms with Crippen molar-refractivity contribution in [2.45, 2.75) is 39.5 Å². The van der Waals surface area contributed by atoms with Crippen molar-refractivity contribution in [3.05, 3.63) is 0 Å². The molecule has 0 aliphatic rings. The van der Waals surface area contributed by atoms with Gasteiger partial charge in [-0.3, -0.25) is 0 Å². The van der Waals surface area contributed by atoms with Crippen LogP contribution in [0.15, 0.2) is 0 Å².